The maximum absolute atomic E-state index is 12.7. The zero-order valence-corrected chi connectivity index (χ0v) is 11.4. The first-order chi connectivity index (χ1) is 9.25. The summed E-state index contributed by atoms with van der Waals surface area (Å²) in [6.45, 7) is 3.70. The van der Waals surface area contributed by atoms with Gasteiger partial charge in [-0.3, -0.25) is 4.79 Å². The van der Waals surface area contributed by atoms with Gasteiger partial charge in [-0.25, -0.2) is 0 Å². The second-order valence-corrected chi connectivity index (χ2v) is 5.79. The van der Waals surface area contributed by atoms with Crippen molar-refractivity contribution in [2.24, 2.45) is 11.8 Å². The predicted molar refractivity (Wildman–Crippen MR) is 75.9 cm³/mol. The third-order valence-electron chi connectivity index (χ3n) is 4.25. The van der Waals surface area contributed by atoms with E-state index in [-0.39, 0.29) is 11.7 Å². The molecule has 1 aliphatic heterocycles. The van der Waals surface area contributed by atoms with Crippen LogP contribution in [0.15, 0.2) is 18.2 Å². The molecule has 2 aliphatic rings. The Morgan fingerprint density at radius 3 is 3.11 bits per heavy atom. The number of hydrogen-bond donors (Lipinski definition) is 1. The van der Waals surface area contributed by atoms with Crippen LogP contribution in [0, 0.1) is 11.8 Å². The summed E-state index contributed by atoms with van der Waals surface area (Å²) in [6.07, 6.45) is 4.48. The van der Waals surface area contributed by atoms with Crippen molar-refractivity contribution in [3.8, 4) is 5.75 Å². The Morgan fingerprint density at radius 2 is 2.26 bits per heavy atom. The minimum Gasteiger partial charge on any atom is -0.489 e. The number of fused-ring (bicyclic) bond motifs is 1. The average molecular weight is 259 g/mol. The maximum atomic E-state index is 12.7. The highest BCUT2D eigenvalue weighted by Gasteiger charge is 2.29. The zero-order valence-electron chi connectivity index (χ0n) is 11.4. The molecule has 3 heteroatoms. The fourth-order valence-electron chi connectivity index (χ4n) is 3.26. The summed E-state index contributed by atoms with van der Waals surface area (Å²) < 4.78 is 5.71. The number of carbonyl (C=O) groups is 1. The summed E-state index contributed by atoms with van der Waals surface area (Å²) in [5.41, 5.74) is 1.73. The number of anilines is 1. The van der Waals surface area contributed by atoms with Gasteiger partial charge < -0.3 is 10.1 Å². The first-order valence-corrected chi connectivity index (χ1v) is 7.29. The van der Waals surface area contributed by atoms with Crippen LogP contribution in [-0.4, -0.2) is 18.9 Å². The smallest absolute Gasteiger partial charge is 0.169 e. The molecule has 2 atom stereocenters. The highest BCUT2D eigenvalue weighted by atomic mass is 16.5. The van der Waals surface area contributed by atoms with Crippen LogP contribution in [0.1, 0.15) is 43.0 Å². The molecule has 0 spiro atoms. The first-order valence-electron chi connectivity index (χ1n) is 7.29. The first kappa shape index (κ1) is 12.5. The van der Waals surface area contributed by atoms with Crippen LogP contribution >= 0.6 is 0 Å². The van der Waals surface area contributed by atoms with Crippen molar-refractivity contribution in [1.82, 2.24) is 0 Å². The van der Waals surface area contributed by atoms with Gasteiger partial charge in [0.15, 0.2) is 11.5 Å². The van der Waals surface area contributed by atoms with Crippen molar-refractivity contribution < 1.29 is 9.53 Å². The molecule has 1 N–H and O–H groups in total. The summed E-state index contributed by atoms with van der Waals surface area (Å²) >= 11 is 0. The molecular formula is C16H21NO2. The molecule has 0 aromatic heterocycles. The monoisotopic (exact) mass is 259 g/mol. The fourth-order valence-corrected chi connectivity index (χ4v) is 3.26. The molecule has 3 nitrogen and oxygen atoms in total. The van der Waals surface area contributed by atoms with Crippen LogP contribution < -0.4 is 10.1 Å². The SMILES string of the molecule is CC1CCCC(C(=O)c2cccc3c2OCCN3)C1. The van der Waals surface area contributed by atoms with E-state index in [1.54, 1.807) is 0 Å². The number of hydrogen-bond acceptors (Lipinski definition) is 3. The summed E-state index contributed by atoms with van der Waals surface area (Å²) in [5, 5.41) is 3.29. The van der Waals surface area contributed by atoms with Gasteiger partial charge in [0.2, 0.25) is 0 Å². The van der Waals surface area contributed by atoms with Gasteiger partial charge in [0.05, 0.1) is 11.3 Å². The van der Waals surface area contributed by atoms with Crippen molar-refractivity contribution in [2.75, 3.05) is 18.5 Å². The van der Waals surface area contributed by atoms with Crippen LogP contribution in [-0.2, 0) is 0 Å². The standard InChI is InChI=1S/C16H21NO2/c1-11-4-2-5-12(10-11)15(18)13-6-3-7-14-16(13)19-9-8-17-14/h3,6-7,11-12,17H,2,4-5,8-10H2,1H3. The topological polar surface area (TPSA) is 38.3 Å². The van der Waals surface area contributed by atoms with Crippen LogP contribution in [0.3, 0.4) is 0 Å². The molecule has 19 heavy (non-hydrogen) atoms. The van der Waals surface area contributed by atoms with Crippen LogP contribution in [0.5, 0.6) is 5.75 Å². The summed E-state index contributed by atoms with van der Waals surface area (Å²) in [5.74, 6) is 1.88. The van der Waals surface area contributed by atoms with Crippen molar-refractivity contribution in [3.05, 3.63) is 23.8 Å². The molecule has 1 aliphatic carbocycles. The molecule has 1 saturated carbocycles. The minimum absolute atomic E-state index is 0.181. The lowest BCUT2D eigenvalue weighted by Crippen LogP contribution is -2.25. The van der Waals surface area contributed by atoms with Gasteiger partial charge in [0.1, 0.15) is 6.61 Å². The van der Waals surface area contributed by atoms with Gasteiger partial charge in [0, 0.05) is 12.5 Å². The largest absolute Gasteiger partial charge is 0.489 e. The van der Waals surface area contributed by atoms with Gasteiger partial charge in [-0.2, -0.15) is 0 Å². The Bertz CT molecular complexity index is 484. The molecule has 1 aromatic carbocycles. The molecule has 102 valence electrons. The lowest BCUT2D eigenvalue weighted by atomic mass is 9.78. The molecular weight excluding hydrogens is 238 g/mol. The van der Waals surface area contributed by atoms with E-state index in [1.807, 2.05) is 18.2 Å². The highest BCUT2D eigenvalue weighted by Crippen LogP contribution is 2.36. The van der Waals surface area contributed by atoms with Crippen molar-refractivity contribution in [2.45, 2.75) is 32.6 Å². The van der Waals surface area contributed by atoms with Crippen LogP contribution in [0.4, 0.5) is 5.69 Å². The van der Waals surface area contributed by atoms with Crippen molar-refractivity contribution >= 4 is 11.5 Å². The molecule has 0 radical (unpaired) electrons. The second kappa shape index (κ2) is 5.24. The number of carbonyl (C=O) groups excluding carboxylic acids is 1. The maximum Gasteiger partial charge on any atom is 0.169 e. The Balaban J connectivity index is 1.87. The number of nitrogens with one attached hydrogen (secondary N) is 1. The lowest BCUT2D eigenvalue weighted by molar-refractivity contribution is 0.0864. The van der Waals surface area contributed by atoms with Crippen LogP contribution in [0.2, 0.25) is 0 Å². The third kappa shape index (κ3) is 2.46. The number of rotatable bonds is 2. The quantitative estimate of drug-likeness (QED) is 0.826. The summed E-state index contributed by atoms with van der Waals surface area (Å²) in [7, 11) is 0. The van der Waals surface area contributed by atoms with Gasteiger partial charge in [-0.15, -0.1) is 0 Å². The molecule has 1 aromatic rings. The Morgan fingerprint density at radius 1 is 1.37 bits per heavy atom. The van der Waals surface area contributed by atoms with Gasteiger partial charge in [-0.05, 0) is 30.9 Å². The van der Waals surface area contributed by atoms with E-state index in [0.717, 1.165) is 36.4 Å². The van der Waals surface area contributed by atoms with Gasteiger partial charge >= 0.3 is 0 Å². The molecule has 1 heterocycles. The van der Waals surface area contributed by atoms with Crippen molar-refractivity contribution in [3.63, 3.8) is 0 Å². The number of ether oxygens (including phenoxy) is 1. The van der Waals surface area contributed by atoms with E-state index < -0.39 is 0 Å². The van der Waals surface area contributed by atoms with Crippen LogP contribution in [0.25, 0.3) is 0 Å². The lowest BCUT2D eigenvalue weighted by Gasteiger charge is -2.27. The van der Waals surface area contributed by atoms with E-state index >= 15 is 0 Å². The van der Waals surface area contributed by atoms with E-state index in [1.165, 1.54) is 12.8 Å². The highest BCUT2D eigenvalue weighted by molar-refractivity contribution is 6.02. The molecule has 0 saturated heterocycles. The number of para-hydroxylation sites is 1. The molecule has 1 fully saturated rings. The van der Waals surface area contributed by atoms with E-state index in [9.17, 15) is 4.79 Å². The summed E-state index contributed by atoms with van der Waals surface area (Å²) in [6, 6.07) is 5.84. The van der Waals surface area contributed by atoms with E-state index in [4.69, 9.17) is 4.74 Å². The normalized spacial score (nSPS) is 25.9. The average Bonchev–Trinajstić information content (AvgIpc) is 2.46. The molecule has 0 amide bonds. The van der Waals surface area contributed by atoms with Crippen molar-refractivity contribution in [1.29, 1.82) is 0 Å². The predicted octanol–water partition coefficient (Wildman–Crippen LogP) is 3.50. The number of Topliss-reactive ketones (excluding diaryl/α,β-unsaturated/α-hetero) is 1. The molecule has 3 rings (SSSR count). The minimum atomic E-state index is 0.181. The van der Waals surface area contributed by atoms with E-state index in [0.29, 0.717) is 12.5 Å². The molecule has 2 unspecified atom stereocenters. The Kier molecular flexibility index (Phi) is 3.45. The second-order valence-electron chi connectivity index (χ2n) is 5.79. The molecule has 0 bridgehead atoms. The van der Waals surface area contributed by atoms with Gasteiger partial charge in [-0.1, -0.05) is 25.8 Å². The zero-order chi connectivity index (χ0) is 13.2. The third-order valence-corrected chi connectivity index (χ3v) is 4.25. The Hall–Kier alpha value is -1.51. The number of benzene rings is 1. The Labute approximate surface area is 114 Å². The van der Waals surface area contributed by atoms with E-state index in [2.05, 4.69) is 12.2 Å². The summed E-state index contributed by atoms with van der Waals surface area (Å²) in [4.78, 5) is 12.7. The number of ketones is 1. The van der Waals surface area contributed by atoms with Gasteiger partial charge in [0.25, 0.3) is 0 Å². The fraction of sp³-hybridized carbons (Fsp3) is 0.562.